The van der Waals surface area contributed by atoms with Gasteiger partial charge in [-0.2, -0.15) is 0 Å². The molecule has 5 N–H and O–H groups in total. The number of carbonyl (C=O) groups is 1. The molecular weight excluding hydrogens is 340 g/mol. The van der Waals surface area contributed by atoms with Gasteiger partial charge in [-0.25, -0.2) is 4.98 Å². The Hall–Kier alpha value is -1.52. The van der Waals surface area contributed by atoms with E-state index in [1.165, 1.54) is 16.3 Å². The molecule has 0 aliphatic rings. The number of rotatable bonds is 6. The van der Waals surface area contributed by atoms with E-state index in [9.17, 15) is 4.79 Å². The zero-order valence-corrected chi connectivity index (χ0v) is 15.0. The number of carbonyl (C=O) groups excluding carboxylic acids is 1. The fourth-order valence-electron chi connectivity index (χ4n) is 1.43. The van der Waals surface area contributed by atoms with Gasteiger partial charge in [-0.3, -0.25) is 15.2 Å². The number of aromatic nitrogens is 1. The van der Waals surface area contributed by atoms with E-state index in [1.54, 1.807) is 5.38 Å². The predicted molar refractivity (Wildman–Crippen MR) is 97.9 cm³/mol. The molecule has 0 atom stereocenters. The molecule has 0 saturated carbocycles. The first kappa shape index (κ1) is 18.5. The quantitative estimate of drug-likeness (QED) is 0.344. The molecule has 10 heteroatoms. The molecule has 22 heavy (non-hydrogen) atoms. The van der Waals surface area contributed by atoms with Crippen molar-refractivity contribution in [1.29, 1.82) is 0 Å². The topological polar surface area (TPSA) is 95.3 Å². The molecule has 0 spiro atoms. The van der Waals surface area contributed by atoms with E-state index >= 15 is 0 Å². The standard InChI is InChI=1S/C12H20N6OS3/c1-3-5-6-14-11(21)16-12-15-8(7-22-12)9(19)17-18(4-2)10(13)20/h7H,3-6H2,1-2H3,(H2,13,20)(H,17,19)(H2,14,15,16,21). The van der Waals surface area contributed by atoms with Crippen molar-refractivity contribution < 1.29 is 4.79 Å². The smallest absolute Gasteiger partial charge is 0.289 e. The van der Waals surface area contributed by atoms with Crippen LogP contribution in [0.3, 0.4) is 0 Å². The third-order valence-corrected chi connectivity index (χ3v) is 3.82. The Labute approximate surface area is 144 Å². The van der Waals surface area contributed by atoms with Gasteiger partial charge in [0.1, 0.15) is 5.69 Å². The van der Waals surface area contributed by atoms with E-state index in [2.05, 4.69) is 28.0 Å². The number of unbranched alkanes of at least 4 members (excludes halogenated alkanes) is 1. The zero-order chi connectivity index (χ0) is 16.5. The Morgan fingerprint density at radius 2 is 2.18 bits per heavy atom. The van der Waals surface area contributed by atoms with Gasteiger partial charge in [-0.15, -0.1) is 11.3 Å². The fourth-order valence-corrected chi connectivity index (χ4v) is 2.56. The number of anilines is 1. The lowest BCUT2D eigenvalue weighted by Gasteiger charge is -2.20. The van der Waals surface area contributed by atoms with Crippen molar-refractivity contribution in [3.05, 3.63) is 11.1 Å². The molecule has 0 aliphatic carbocycles. The molecule has 0 aromatic carbocycles. The van der Waals surface area contributed by atoms with Crippen molar-refractivity contribution in [2.24, 2.45) is 5.73 Å². The summed E-state index contributed by atoms with van der Waals surface area (Å²) < 4.78 is 0. The SMILES string of the molecule is CCCCNC(=S)Nc1nc(C(=O)NN(CC)C(N)=S)cs1. The van der Waals surface area contributed by atoms with Crippen LogP contribution in [0.25, 0.3) is 0 Å². The van der Waals surface area contributed by atoms with Gasteiger partial charge in [0.25, 0.3) is 5.91 Å². The summed E-state index contributed by atoms with van der Waals surface area (Å²) >= 11 is 11.3. The second kappa shape index (κ2) is 9.49. The summed E-state index contributed by atoms with van der Waals surface area (Å²) in [6.45, 7) is 5.21. The van der Waals surface area contributed by atoms with E-state index < -0.39 is 0 Å². The first-order chi connectivity index (χ1) is 10.5. The molecule has 0 aliphatic heterocycles. The number of nitrogens with zero attached hydrogens (tertiary/aromatic N) is 2. The van der Waals surface area contributed by atoms with Crippen LogP contribution in [0, 0.1) is 0 Å². The number of nitrogens with one attached hydrogen (secondary N) is 3. The number of hydrogen-bond acceptors (Lipinski definition) is 5. The highest BCUT2D eigenvalue weighted by molar-refractivity contribution is 7.80. The largest absolute Gasteiger partial charge is 0.375 e. The Kier molecular flexibility index (Phi) is 7.99. The van der Waals surface area contributed by atoms with Crippen LogP contribution >= 0.6 is 35.8 Å². The third kappa shape index (κ3) is 6.08. The summed E-state index contributed by atoms with van der Waals surface area (Å²) in [4.78, 5) is 16.2. The molecule has 7 nitrogen and oxygen atoms in total. The maximum absolute atomic E-state index is 12.0. The Morgan fingerprint density at radius 1 is 1.45 bits per heavy atom. The second-order valence-corrected chi connectivity index (χ2v) is 5.98. The van der Waals surface area contributed by atoms with Crippen LogP contribution in [-0.4, -0.2) is 39.2 Å². The van der Waals surface area contributed by atoms with Gasteiger partial charge < -0.3 is 16.4 Å². The normalized spacial score (nSPS) is 9.91. The van der Waals surface area contributed by atoms with E-state index in [-0.39, 0.29) is 16.7 Å². The molecule has 0 fully saturated rings. The number of thiocarbonyl (C=S) groups is 2. The van der Waals surface area contributed by atoms with Gasteiger partial charge in [0, 0.05) is 18.5 Å². The van der Waals surface area contributed by atoms with Crippen molar-refractivity contribution >= 4 is 57.0 Å². The maximum Gasteiger partial charge on any atom is 0.289 e. The summed E-state index contributed by atoms with van der Waals surface area (Å²) in [5.41, 5.74) is 8.35. The highest BCUT2D eigenvalue weighted by Gasteiger charge is 2.14. The molecule has 1 amide bonds. The van der Waals surface area contributed by atoms with Crippen LogP contribution < -0.4 is 21.8 Å². The van der Waals surface area contributed by atoms with Crippen LogP contribution in [0.4, 0.5) is 5.13 Å². The lowest BCUT2D eigenvalue weighted by atomic mass is 10.3. The van der Waals surface area contributed by atoms with Crippen LogP contribution in [0.5, 0.6) is 0 Å². The lowest BCUT2D eigenvalue weighted by molar-refractivity contribution is 0.0870. The molecular formula is C12H20N6OS3. The van der Waals surface area contributed by atoms with Gasteiger partial charge in [-0.05, 0) is 37.8 Å². The number of hydrogen-bond donors (Lipinski definition) is 4. The number of thiazole rings is 1. The van der Waals surface area contributed by atoms with Gasteiger partial charge in [0.2, 0.25) is 0 Å². The number of nitrogens with two attached hydrogens (primary N) is 1. The fraction of sp³-hybridized carbons (Fsp3) is 0.500. The molecule has 0 radical (unpaired) electrons. The average molecular weight is 361 g/mol. The molecule has 122 valence electrons. The summed E-state index contributed by atoms with van der Waals surface area (Å²) in [6.07, 6.45) is 2.13. The summed E-state index contributed by atoms with van der Waals surface area (Å²) in [5, 5.41) is 10.2. The number of hydrazine groups is 1. The molecule has 1 aromatic rings. The first-order valence-electron chi connectivity index (χ1n) is 6.86. The monoisotopic (exact) mass is 360 g/mol. The molecule has 0 unspecified atom stereocenters. The predicted octanol–water partition coefficient (Wildman–Crippen LogP) is 1.44. The first-order valence-corrected chi connectivity index (χ1v) is 8.55. The van der Waals surface area contributed by atoms with Gasteiger partial charge >= 0.3 is 0 Å². The molecule has 1 heterocycles. The van der Waals surface area contributed by atoms with Crippen molar-refractivity contribution in [2.75, 3.05) is 18.4 Å². The van der Waals surface area contributed by atoms with Gasteiger partial charge in [0.15, 0.2) is 15.4 Å². The molecule has 1 rings (SSSR count). The minimum Gasteiger partial charge on any atom is -0.375 e. The van der Waals surface area contributed by atoms with Crippen molar-refractivity contribution in [1.82, 2.24) is 20.7 Å². The maximum atomic E-state index is 12.0. The van der Waals surface area contributed by atoms with E-state index in [0.29, 0.717) is 16.8 Å². The Balaban J connectivity index is 2.54. The summed E-state index contributed by atoms with van der Waals surface area (Å²) in [5.74, 6) is -0.371. The number of amides is 1. The highest BCUT2D eigenvalue weighted by Crippen LogP contribution is 2.15. The molecule has 0 bridgehead atoms. The third-order valence-electron chi connectivity index (χ3n) is 2.59. The van der Waals surface area contributed by atoms with E-state index in [1.807, 2.05) is 6.92 Å². The summed E-state index contributed by atoms with van der Waals surface area (Å²) in [7, 11) is 0. The Morgan fingerprint density at radius 3 is 2.77 bits per heavy atom. The highest BCUT2D eigenvalue weighted by atomic mass is 32.1. The molecule has 1 aromatic heterocycles. The molecule has 0 saturated heterocycles. The lowest BCUT2D eigenvalue weighted by Crippen LogP contribution is -2.48. The Bertz CT molecular complexity index is 533. The van der Waals surface area contributed by atoms with Crippen molar-refractivity contribution in [3.63, 3.8) is 0 Å². The van der Waals surface area contributed by atoms with Crippen molar-refractivity contribution in [3.8, 4) is 0 Å². The second-order valence-electron chi connectivity index (χ2n) is 4.30. The van der Waals surface area contributed by atoms with E-state index in [0.717, 1.165) is 19.4 Å². The van der Waals surface area contributed by atoms with E-state index in [4.69, 9.17) is 30.2 Å². The van der Waals surface area contributed by atoms with Crippen LogP contribution in [0.1, 0.15) is 37.2 Å². The average Bonchev–Trinajstić information content (AvgIpc) is 2.93. The summed E-state index contributed by atoms with van der Waals surface area (Å²) in [6, 6.07) is 0. The minimum absolute atomic E-state index is 0.103. The van der Waals surface area contributed by atoms with Crippen LogP contribution in [0.2, 0.25) is 0 Å². The van der Waals surface area contributed by atoms with Gasteiger partial charge in [0.05, 0.1) is 0 Å². The van der Waals surface area contributed by atoms with Crippen LogP contribution in [-0.2, 0) is 0 Å². The van der Waals surface area contributed by atoms with Gasteiger partial charge in [-0.1, -0.05) is 13.3 Å². The van der Waals surface area contributed by atoms with Crippen molar-refractivity contribution in [2.45, 2.75) is 26.7 Å². The van der Waals surface area contributed by atoms with Crippen LogP contribution in [0.15, 0.2) is 5.38 Å². The zero-order valence-electron chi connectivity index (χ0n) is 12.5. The minimum atomic E-state index is -0.371.